The number of halogens is 1. The van der Waals surface area contributed by atoms with Crippen molar-refractivity contribution in [3.05, 3.63) is 35.6 Å². The highest BCUT2D eigenvalue weighted by atomic mass is 19.1. The van der Waals surface area contributed by atoms with E-state index in [0.29, 0.717) is 6.42 Å². The fourth-order valence-electron chi connectivity index (χ4n) is 1.88. The minimum Gasteiger partial charge on any atom is -0.328 e. The summed E-state index contributed by atoms with van der Waals surface area (Å²) in [5.41, 5.74) is 6.55. The van der Waals surface area contributed by atoms with Gasteiger partial charge in [0.25, 0.3) is 0 Å². The predicted molar refractivity (Wildman–Crippen MR) is 71.8 cm³/mol. The van der Waals surface area contributed by atoms with Gasteiger partial charge in [-0.15, -0.1) is 0 Å². The molecule has 100 valence electrons. The van der Waals surface area contributed by atoms with Gasteiger partial charge in [0.2, 0.25) is 0 Å². The second kappa shape index (κ2) is 7.27. The highest BCUT2D eigenvalue weighted by molar-refractivity contribution is 5.82. The molecular formula is C15H22FNO. The van der Waals surface area contributed by atoms with E-state index in [1.807, 2.05) is 13.8 Å². The van der Waals surface area contributed by atoms with Gasteiger partial charge in [-0.1, -0.05) is 25.5 Å². The SMILES string of the molecule is CC(N)CCCC(C)C(=O)Cc1ccc(F)cc1. The summed E-state index contributed by atoms with van der Waals surface area (Å²) in [5, 5.41) is 0. The zero-order chi connectivity index (χ0) is 13.5. The second-order valence-corrected chi connectivity index (χ2v) is 5.08. The van der Waals surface area contributed by atoms with Crippen molar-refractivity contribution in [1.82, 2.24) is 0 Å². The quantitative estimate of drug-likeness (QED) is 0.809. The van der Waals surface area contributed by atoms with Crippen LogP contribution in [0, 0.1) is 11.7 Å². The number of ketones is 1. The maximum atomic E-state index is 12.7. The summed E-state index contributed by atoms with van der Waals surface area (Å²) in [5.74, 6) is -0.00346. The van der Waals surface area contributed by atoms with Crippen LogP contribution in [0.15, 0.2) is 24.3 Å². The predicted octanol–water partition coefficient (Wildman–Crippen LogP) is 3.09. The van der Waals surface area contributed by atoms with Gasteiger partial charge < -0.3 is 5.73 Å². The van der Waals surface area contributed by atoms with E-state index in [9.17, 15) is 9.18 Å². The Balaban J connectivity index is 2.37. The number of rotatable bonds is 7. The van der Waals surface area contributed by atoms with Crippen molar-refractivity contribution in [1.29, 1.82) is 0 Å². The van der Waals surface area contributed by atoms with Crippen molar-refractivity contribution >= 4 is 5.78 Å². The third kappa shape index (κ3) is 5.41. The van der Waals surface area contributed by atoms with Crippen molar-refractivity contribution in [2.75, 3.05) is 0 Å². The lowest BCUT2D eigenvalue weighted by atomic mass is 9.94. The summed E-state index contributed by atoms with van der Waals surface area (Å²) in [7, 11) is 0. The third-order valence-corrected chi connectivity index (χ3v) is 3.14. The number of carbonyl (C=O) groups is 1. The Labute approximate surface area is 108 Å². The Morgan fingerprint density at radius 2 is 1.83 bits per heavy atom. The summed E-state index contributed by atoms with van der Waals surface area (Å²) in [6.45, 7) is 3.93. The first-order valence-electron chi connectivity index (χ1n) is 6.51. The first-order valence-corrected chi connectivity index (χ1v) is 6.51. The minimum atomic E-state index is -0.267. The molecule has 0 amide bonds. The summed E-state index contributed by atoms with van der Waals surface area (Å²) in [4.78, 5) is 11.9. The van der Waals surface area contributed by atoms with Crippen LogP contribution in [0.5, 0.6) is 0 Å². The van der Waals surface area contributed by atoms with Crippen LogP contribution < -0.4 is 5.73 Å². The molecule has 0 heterocycles. The highest BCUT2D eigenvalue weighted by Crippen LogP contribution is 2.13. The molecule has 0 fully saturated rings. The largest absolute Gasteiger partial charge is 0.328 e. The average Bonchev–Trinajstić information content (AvgIpc) is 2.31. The van der Waals surface area contributed by atoms with Gasteiger partial charge in [-0.2, -0.15) is 0 Å². The van der Waals surface area contributed by atoms with Crippen LogP contribution in [0.2, 0.25) is 0 Å². The maximum Gasteiger partial charge on any atom is 0.140 e. The van der Waals surface area contributed by atoms with Gasteiger partial charge in [-0.3, -0.25) is 4.79 Å². The Morgan fingerprint density at radius 1 is 1.22 bits per heavy atom. The van der Waals surface area contributed by atoms with E-state index >= 15 is 0 Å². The average molecular weight is 251 g/mol. The molecule has 0 aliphatic rings. The topological polar surface area (TPSA) is 43.1 Å². The van der Waals surface area contributed by atoms with Gasteiger partial charge in [0.05, 0.1) is 0 Å². The monoisotopic (exact) mass is 251 g/mol. The van der Waals surface area contributed by atoms with Gasteiger partial charge in [-0.05, 0) is 37.5 Å². The molecule has 2 unspecified atom stereocenters. The summed E-state index contributed by atoms with van der Waals surface area (Å²) < 4.78 is 12.7. The molecule has 0 saturated heterocycles. The van der Waals surface area contributed by atoms with Crippen molar-refractivity contribution in [3.8, 4) is 0 Å². The lowest BCUT2D eigenvalue weighted by Gasteiger charge is -2.11. The van der Waals surface area contributed by atoms with Gasteiger partial charge >= 0.3 is 0 Å². The van der Waals surface area contributed by atoms with Crippen LogP contribution in [0.1, 0.15) is 38.7 Å². The van der Waals surface area contributed by atoms with E-state index in [1.54, 1.807) is 12.1 Å². The van der Waals surface area contributed by atoms with E-state index in [1.165, 1.54) is 12.1 Å². The number of benzene rings is 1. The van der Waals surface area contributed by atoms with Gasteiger partial charge in [0.15, 0.2) is 0 Å². The first kappa shape index (κ1) is 14.8. The smallest absolute Gasteiger partial charge is 0.140 e. The molecule has 0 saturated carbocycles. The first-order chi connectivity index (χ1) is 8.49. The molecule has 3 heteroatoms. The molecule has 1 rings (SSSR count). The summed E-state index contributed by atoms with van der Waals surface area (Å²) in [6, 6.07) is 6.32. The summed E-state index contributed by atoms with van der Waals surface area (Å²) >= 11 is 0. The number of nitrogens with two attached hydrogens (primary N) is 1. The van der Waals surface area contributed by atoms with Gasteiger partial charge in [0.1, 0.15) is 11.6 Å². The molecule has 2 nitrogen and oxygen atoms in total. The van der Waals surface area contributed by atoms with Gasteiger partial charge in [0, 0.05) is 18.4 Å². The zero-order valence-electron chi connectivity index (χ0n) is 11.2. The molecular weight excluding hydrogens is 229 g/mol. The van der Waals surface area contributed by atoms with Gasteiger partial charge in [-0.25, -0.2) is 4.39 Å². The Bertz CT molecular complexity index is 373. The third-order valence-electron chi connectivity index (χ3n) is 3.14. The molecule has 0 aliphatic carbocycles. The fraction of sp³-hybridized carbons (Fsp3) is 0.533. The molecule has 0 bridgehead atoms. The van der Waals surface area contributed by atoms with Crippen molar-refractivity contribution < 1.29 is 9.18 Å². The van der Waals surface area contributed by atoms with E-state index in [-0.39, 0.29) is 23.6 Å². The van der Waals surface area contributed by atoms with E-state index in [4.69, 9.17) is 5.73 Å². The molecule has 1 aromatic carbocycles. The molecule has 0 spiro atoms. The van der Waals surface area contributed by atoms with Crippen LogP contribution in [0.4, 0.5) is 4.39 Å². The van der Waals surface area contributed by atoms with Crippen LogP contribution in [0.3, 0.4) is 0 Å². The number of Topliss-reactive ketones (excluding diaryl/α,β-unsaturated/α-hetero) is 1. The molecule has 1 aromatic rings. The van der Waals surface area contributed by atoms with E-state index in [0.717, 1.165) is 24.8 Å². The zero-order valence-corrected chi connectivity index (χ0v) is 11.2. The minimum absolute atomic E-state index is 0.0498. The lowest BCUT2D eigenvalue weighted by molar-refractivity contribution is -0.121. The Morgan fingerprint density at radius 3 is 2.39 bits per heavy atom. The van der Waals surface area contributed by atoms with E-state index < -0.39 is 0 Å². The van der Waals surface area contributed by atoms with Crippen LogP contribution in [-0.4, -0.2) is 11.8 Å². The van der Waals surface area contributed by atoms with Crippen molar-refractivity contribution in [2.24, 2.45) is 11.7 Å². The van der Waals surface area contributed by atoms with Crippen LogP contribution in [0.25, 0.3) is 0 Å². The number of hydrogen-bond acceptors (Lipinski definition) is 2. The Kier molecular flexibility index (Phi) is 5.99. The molecule has 0 aromatic heterocycles. The molecule has 2 N–H and O–H groups in total. The molecule has 18 heavy (non-hydrogen) atoms. The van der Waals surface area contributed by atoms with Crippen LogP contribution in [-0.2, 0) is 11.2 Å². The van der Waals surface area contributed by atoms with Crippen LogP contribution >= 0.6 is 0 Å². The summed E-state index contributed by atoms with van der Waals surface area (Å²) in [6.07, 6.45) is 3.20. The normalized spacial score (nSPS) is 14.2. The van der Waals surface area contributed by atoms with E-state index in [2.05, 4.69) is 0 Å². The Hall–Kier alpha value is -1.22. The fourth-order valence-corrected chi connectivity index (χ4v) is 1.88. The highest BCUT2D eigenvalue weighted by Gasteiger charge is 2.13. The van der Waals surface area contributed by atoms with Crippen molar-refractivity contribution in [2.45, 2.75) is 45.6 Å². The molecule has 0 radical (unpaired) electrons. The standard InChI is InChI=1S/C15H22FNO/c1-11(4-3-5-12(2)17)15(18)10-13-6-8-14(16)9-7-13/h6-9,11-12H,3-5,10,17H2,1-2H3. The maximum absolute atomic E-state index is 12.7. The molecule has 0 aliphatic heterocycles. The lowest BCUT2D eigenvalue weighted by Crippen LogP contribution is -2.17. The number of hydrogen-bond donors (Lipinski definition) is 1. The molecule has 2 atom stereocenters. The second-order valence-electron chi connectivity index (χ2n) is 5.08. The van der Waals surface area contributed by atoms with Crippen molar-refractivity contribution in [3.63, 3.8) is 0 Å². The number of carbonyl (C=O) groups excluding carboxylic acids is 1.